The standard InChI is InChI=1S/C16H21N3OS/c1-12-4-6-14(7-5-12)18-16(20)17-10-15(19(2)3)13-8-9-21-11-13/h4-9,11,15H,10H2,1-3H3,(H2,17,18,20)/t15-/m1/s1. The van der Waals surface area contributed by atoms with E-state index in [2.05, 4.69) is 32.4 Å². The Bertz CT molecular complexity index is 564. The second kappa shape index (κ2) is 7.24. The molecule has 0 fully saturated rings. The van der Waals surface area contributed by atoms with E-state index in [-0.39, 0.29) is 12.1 Å². The van der Waals surface area contributed by atoms with Crippen molar-refractivity contribution in [1.29, 1.82) is 0 Å². The van der Waals surface area contributed by atoms with E-state index in [1.54, 1.807) is 11.3 Å². The number of carbonyl (C=O) groups is 1. The number of nitrogens with zero attached hydrogens (tertiary/aromatic N) is 1. The first-order chi connectivity index (χ1) is 10.1. The molecule has 21 heavy (non-hydrogen) atoms. The lowest BCUT2D eigenvalue weighted by atomic mass is 10.1. The molecule has 2 N–H and O–H groups in total. The van der Waals surface area contributed by atoms with Crippen molar-refractivity contribution in [3.8, 4) is 0 Å². The van der Waals surface area contributed by atoms with Gasteiger partial charge in [-0.15, -0.1) is 0 Å². The summed E-state index contributed by atoms with van der Waals surface area (Å²) in [5.74, 6) is 0. The first-order valence-corrected chi connectivity index (χ1v) is 7.80. The maximum absolute atomic E-state index is 12.0. The van der Waals surface area contributed by atoms with E-state index < -0.39 is 0 Å². The molecular weight excluding hydrogens is 282 g/mol. The fourth-order valence-corrected chi connectivity index (χ4v) is 2.77. The van der Waals surface area contributed by atoms with Crippen molar-refractivity contribution in [3.63, 3.8) is 0 Å². The molecule has 0 saturated heterocycles. The Kier molecular flexibility index (Phi) is 5.36. The lowest BCUT2D eigenvalue weighted by Crippen LogP contribution is -2.36. The van der Waals surface area contributed by atoms with Crippen molar-refractivity contribution < 1.29 is 4.79 Å². The second-order valence-corrected chi connectivity index (χ2v) is 6.02. The van der Waals surface area contributed by atoms with Crippen LogP contribution >= 0.6 is 11.3 Å². The molecular formula is C16H21N3OS. The van der Waals surface area contributed by atoms with Crippen LogP contribution in [0.4, 0.5) is 10.5 Å². The summed E-state index contributed by atoms with van der Waals surface area (Å²) in [5.41, 5.74) is 3.20. The van der Waals surface area contributed by atoms with Crippen LogP contribution in [0, 0.1) is 6.92 Å². The first-order valence-electron chi connectivity index (χ1n) is 6.86. The van der Waals surface area contributed by atoms with Crippen LogP contribution in [-0.2, 0) is 0 Å². The average molecular weight is 303 g/mol. The molecule has 1 heterocycles. The third-order valence-electron chi connectivity index (χ3n) is 3.32. The van der Waals surface area contributed by atoms with Gasteiger partial charge < -0.3 is 15.5 Å². The summed E-state index contributed by atoms with van der Waals surface area (Å²) in [4.78, 5) is 14.1. The van der Waals surface area contributed by atoms with Crippen LogP contribution in [0.25, 0.3) is 0 Å². The van der Waals surface area contributed by atoms with Gasteiger partial charge in [0.2, 0.25) is 0 Å². The molecule has 2 aromatic rings. The summed E-state index contributed by atoms with van der Waals surface area (Å²) < 4.78 is 0. The minimum Gasteiger partial charge on any atom is -0.336 e. The summed E-state index contributed by atoms with van der Waals surface area (Å²) in [6, 6.07) is 9.84. The molecule has 0 bridgehead atoms. The van der Waals surface area contributed by atoms with E-state index in [9.17, 15) is 4.79 Å². The Balaban J connectivity index is 1.89. The molecule has 112 valence electrons. The molecule has 0 spiro atoms. The molecule has 4 nitrogen and oxygen atoms in total. The normalized spacial score (nSPS) is 12.2. The van der Waals surface area contributed by atoms with Crippen molar-refractivity contribution in [1.82, 2.24) is 10.2 Å². The van der Waals surface area contributed by atoms with Crippen LogP contribution < -0.4 is 10.6 Å². The van der Waals surface area contributed by atoms with E-state index in [4.69, 9.17) is 0 Å². The lowest BCUT2D eigenvalue weighted by molar-refractivity contribution is 0.243. The van der Waals surface area contributed by atoms with E-state index in [0.717, 1.165) is 5.69 Å². The predicted molar refractivity (Wildman–Crippen MR) is 88.9 cm³/mol. The summed E-state index contributed by atoms with van der Waals surface area (Å²) in [6.45, 7) is 2.59. The molecule has 5 heteroatoms. The van der Waals surface area contributed by atoms with Crippen molar-refractivity contribution in [2.24, 2.45) is 0 Å². The van der Waals surface area contributed by atoms with Gasteiger partial charge in [-0.1, -0.05) is 17.7 Å². The summed E-state index contributed by atoms with van der Waals surface area (Å²) in [5, 5.41) is 9.94. The maximum Gasteiger partial charge on any atom is 0.319 e. The molecule has 2 rings (SSSR count). The fraction of sp³-hybridized carbons (Fsp3) is 0.312. The number of rotatable bonds is 5. The summed E-state index contributed by atoms with van der Waals surface area (Å²) >= 11 is 1.67. The van der Waals surface area contributed by atoms with Crippen LogP contribution in [0.2, 0.25) is 0 Å². The molecule has 1 aromatic carbocycles. The van der Waals surface area contributed by atoms with Gasteiger partial charge >= 0.3 is 6.03 Å². The highest BCUT2D eigenvalue weighted by Crippen LogP contribution is 2.20. The third kappa shape index (κ3) is 4.58. The van der Waals surface area contributed by atoms with E-state index in [0.29, 0.717) is 6.54 Å². The average Bonchev–Trinajstić information content (AvgIpc) is 2.95. The molecule has 0 saturated carbocycles. The number of hydrogen-bond donors (Lipinski definition) is 2. The van der Waals surface area contributed by atoms with Gasteiger partial charge in [0.15, 0.2) is 0 Å². The zero-order chi connectivity index (χ0) is 15.2. The van der Waals surface area contributed by atoms with Gasteiger partial charge in [0, 0.05) is 12.2 Å². The quantitative estimate of drug-likeness (QED) is 0.888. The van der Waals surface area contributed by atoms with Gasteiger partial charge in [0.05, 0.1) is 6.04 Å². The Hall–Kier alpha value is -1.85. The number of hydrogen-bond acceptors (Lipinski definition) is 3. The van der Waals surface area contributed by atoms with Crippen LogP contribution in [-0.4, -0.2) is 31.6 Å². The summed E-state index contributed by atoms with van der Waals surface area (Å²) in [6.07, 6.45) is 0. The molecule has 0 unspecified atom stereocenters. The van der Waals surface area contributed by atoms with E-state index >= 15 is 0 Å². The molecule has 0 aliphatic heterocycles. The second-order valence-electron chi connectivity index (χ2n) is 5.24. The molecule has 1 atom stereocenters. The molecule has 2 amide bonds. The minimum atomic E-state index is -0.180. The molecule has 1 aromatic heterocycles. The Morgan fingerprint density at radius 1 is 1.24 bits per heavy atom. The number of carbonyl (C=O) groups excluding carboxylic acids is 1. The van der Waals surface area contributed by atoms with E-state index in [1.165, 1.54) is 11.1 Å². The molecule has 0 aliphatic rings. The number of aryl methyl sites for hydroxylation is 1. The minimum absolute atomic E-state index is 0.180. The van der Waals surface area contributed by atoms with E-state index in [1.807, 2.05) is 45.3 Å². The largest absolute Gasteiger partial charge is 0.336 e. The highest BCUT2D eigenvalue weighted by molar-refractivity contribution is 7.07. The van der Waals surface area contributed by atoms with Gasteiger partial charge in [-0.05, 0) is 55.5 Å². The molecule has 0 aliphatic carbocycles. The highest BCUT2D eigenvalue weighted by atomic mass is 32.1. The predicted octanol–water partition coefficient (Wildman–Crippen LogP) is 3.48. The number of thiophene rings is 1. The number of benzene rings is 1. The highest BCUT2D eigenvalue weighted by Gasteiger charge is 2.15. The van der Waals surface area contributed by atoms with Crippen LogP contribution in [0.15, 0.2) is 41.1 Å². The number of amides is 2. The van der Waals surface area contributed by atoms with Gasteiger partial charge in [-0.3, -0.25) is 0 Å². The van der Waals surface area contributed by atoms with Crippen LogP contribution in [0.1, 0.15) is 17.2 Å². The van der Waals surface area contributed by atoms with Crippen molar-refractivity contribution in [2.45, 2.75) is 13.0 Å². The Morgan fingerprint density at radius 3 is 2.52 bits per heavy atom. The van der Waals surface area contributed by atoms with Crippen molar-refractivity contribution in [2.75, 3.05) is 26.0 Å². The topological polar surface area (TPSA) is 44.4 Å². The smallest absolute Gasteiger partial charge is 0.319 e. The van der Waals surface area contributed by atoms with Crippen molar-refractivity contribution >= 4 is 23.1 Å². The zero-order valence-electron chi connectivity index (χ0n) is 12.6. The van der Waals surface area contributed by atoms with Gasteiger partial charge in [-0.2, -0.15) is 11.3 Å². The monoisotopic (exact) mass is 303 g/mol. The lowest BCUT2D eigenvalue weighted by Gasteiger charge is -2.24. The fourth-order valence-electron chi connectivity index (χ4n) is 2.06. The third-order valence-corrected chi connectivity index (χ3v) is 4.02. The molecule has 0 radical (unpaired) electrons. The number of anilines is 1. The Morgan fingerprint density at radius 2 is 1.95 bits per heavy atom. The van der Waals surface area contributed by atoms with Crippen LogP contribution in [0.3, 0.4) is 0 Å². The van der Waals surface area contributed by atoms with Gasteiger partial charge in [0.1, 0.15) is 0 Å². The summed E-state index contributed by atoms with van der Waals surface area (Å²) in [7, 11) is 4.03. The number of urea groups is 1. The SMILES string of the molecule is Cc1ccc(NC(=O)NC[C@H](c2ccsc2)N(C)C)cc1. The maximum atomic E-state index is 12.0. The Labute approximate surface area is 129 Å². The number of likely N-dealkylation sites (N-methyl/N-ethyl adjacent to an activating group) is 1. The van der Waals surface area contributed by atoms with Gasteiger partial charge in [0.25, 0.3) is 0 Å². The van der Waals surface area contributed by atoms with Crippen LogP contribution in [0.5, 0.6) is 0 Å². The first kappa shape index (κ1) is 15.5. The number of nitrogens with one attached hydrogen (secondary N) is 2. The van der Waals surface area contributed by atoms with Crippen molar-refractivity contribution in [3.05, 3.63) is 52.2 Å². The van der Waals surface area contributed by atoms with Gasteiger partial charge in [-0.25, -0.2) is 4.79 Å². The zero-order valence-corrected chi connectivity index (χ0v) is 13.4.